The minimum absolute atomic E-state index is 0.0337. The number of carbonyl (C=O) groups is 1. The third kappa shape index (κ3) is 4.93. The van der Waals surface area contributed by atoms with Crippen LogP contribution in [0.4, 0.5) is 10.1 Å². The van der Waals surface area contributed by atoms with E-state index < -0.39 is 5.91 Å². The van der Waals surface area contributed by atoms with E-state index in [1.54, 1.807) is 36.7 Å². The quantitative estimate of drug-likeness (QED) is 0.329. The molecule has 7 nitrogen and oxygen atoms in total. The second-order valence-electron chi connectivity index (χ2n) is 7.67. The van der Waals surface area contributed by atoms with E-state index in [2.05, 4.69) is 15.6 Å². The lowest BCUT2D eigenvalue weighted by molar-refractivity contribution is 0.101. The summed E-state index contributed by atoms with van der Waals surface area (Å²) in [7, 11) is 0. The van der Waals surface area contributed by atoms with Gasteiger partial charge in [-0.05, 0) is 57.2 Å². The van der Waals surface area contributed by atoms with Crippen LogP contribution in [0.5, 0.6) is 5.75 Å². The summed E-state index contributed by atoms with van der Waals surface area (Å²) in [5, 5.41) is 12.4. The molecular formula is C24H21Cl2FN4O3. The zero-order valence-corrected chi connectivity index (χ0v) is 20.2. The van der Waals surface area contributed by atoms with Crippen LogP contribution in [0.25, 0.3) is 0 Å². The summed E-state index contributed by atoms with van der Waals surface area (Å²) < 4.78 is 25.8. The topological polar surface area (TPSA) is 82.2 Å². The number of benzene rings is 2. The highest BCUT2D eigenvalue weighted by atomic mass is 35.5. The minimum atomic E-state index is -0.462. The maximum atomic E-state index is 13.1. The Balaban J connectivity index is 1.53. The Morgan fingerprint density at radius 1 is 1.09 bits per heavy atom. The van der Waals surface area contributed by atoms with Crippen LogP contribution in [0.15, 0.2) is 47.0 Å². The predicted octanol–water partition coefficient (Wildman–Crippen LogP) is 6.12. The van der Waals surface area contributed by atoms with Gasteiger partial charge in [-0.3, -0.25) is 9.48 Å². The van der Waals surface area contributed by atoms with Gasteiger partial charge in [-0.2, -0.15) is 5.10 Å². The minimum Gasteiger partial charge on any atom is -0.489 e. The number of carbonyl (C=O) groups excluding carboxylic acids is 1. The summed E-state index contributed by atoms with van der Waals surface area (Å²) >= 11 is 12.6. The summed E-state index contributed by atoms with van der Waals surface area (Å²) in [5.74, 6) is 0.0806. The van der Waals surface area contributed by atoms with Crippen LogP contribution >= 0.6 is 23.2 Å². The molecule has 176 valence electrons. The normalized spacial score (nSPS) is 11.0. The smallest absolute Gasteiger partial charge is 0.278 e. The average Bonchev–Trinajstić information content (AvgIpc) is 3.30. The molecule has 0 saturated carbocycles. The van der Waals surface area contributed by atoms with Crippen LogP contribution in [0.2, 0.25) is 10.0 Å². The first-order valence-electron chi connectivity index (χ1n) is 10.4. The third-order valence-electron chi connectivity index (χ3n) is 5.39. The number of rotatable bonds is 7. The van der Waals surface area contributed by atoms with Crippen LogP contribution in [-0.2, 0) is 13.2 Å². The van der Waals surface area contributed by atoms with Gasteiger partial charge < -0.3 is 14.6 Å². The summed E-state index contributed by atoms with van der Waals surface area (Å²) in [5.41, 5.74) is 3.23. The van der Waals surface area contributed by atoms with Gasteiger partial charge in [-0.1, -0.05) is 34.4 Å². The van der Waals surface area contributed by atoms with Crippen molar-refractivity contribution in [2.24, 2.45) is 0 Å². The van der Waals surface area contributed by atoms with Gasteiger partial charge in [-0.15, -0.1) is 0 Å². The van der Waals surface area contributed by atoms with Gasteiger partial charge in [0, 0.05) is 15.6 Å². The van der Waals surface area contributed by atoms with Crippen molar-refractivity contribution < 1.29 is 18.4 Å². The highest BCUT2D eigenvalue weighted by Gasteiger charge is 2.23. The third-order valence-corrected chi connectivity index (χ3v) is 6.09. The Kier molecular flexibility index (Phi) is 6.90. The number of halogens is 3. The van der Waals surface area contributed by atoms with Crippen LogP contribution in [-0.4, -0.2) is 20.8 Å². The lowest BCUT2D eigenvalue weighted by atomic mass is 10.2. The molecule has 0 atom stereocenters. The first kappa shape index (κ1) is 23.8. The molecule has 1 N–H and O–H groups in total. The van der Waals surface area contributed by atoms with E-state index in [1.165, 1.54) is 24.3 Å². The molecule has 0 bridgehead atoms. The Hall–Kier alpha value is -3.36. The number of amides is 1. The number of anilines is 1. The fourth-order valence-electron chi connectivity index (χ4n) is 3.46. The van der Waals surface area contributed by atoms with Crippen LogP contribution in [0.1, 0.15) is 38.8 Å². The maximum absolute atomic E-state index is 13.1. The Morgan fingerprint density at radius 3 is 2.44 bits per heavy atom. The average molecular weight is 503 g/mol. The van der Waals surface area contributed by atoms with Gasteiger partial charge in [0.15, 0.2) is 5.69 Å². The monoisotopic (exact) mass is 502 g/mol. The van der Waals surface area contributed by atoms with Crippen molar-refractivity contribution in [2.45, 2.75) is 33.9 Å². The summed E-state index contributed by atoms with van der Waals surface area (Å²) in [4.78, 5) is 13.1. The number of nitrogens with zero attached hydrogens (tertiary/aromatic N) is 3. The molecule has 34 heavy (non-hydrogen) atoms. The Morgan fingerprint density at radius 2 is 1.76 bits per heavy atom. The molecule has 0 aliphatic heterocycles. The van der Waals surface area contributed by atoms with Crippen molar-refractivity contribution in [1.82, 2.24) is 14.9 Å². The highest BCUT2D eigenvalue weighted by molar-refractivity contribution is 6.36. The highest BCUT2D eigenvalue weighted by Crippen LogP contribution is 2.28. The zero-order chi connectivity index (χ0) is 24.4. The summed E-state index contributed by atoms with van der Waals surface area (Å²) in [6, 6.07) is 10.9. The molecule has 2 aromatic carbocycles. The number of ether oxygens (including phenoxy) is 1. The van der Waals surface area contributed by atoms with Gasteiger partial charge in [0.1, 0.15) is 23.9 Å². The fraction of sp³-hybridized carbons (Fsp3) is 0.208. The lowest BCUT2D eigenvalue weighted by Gasteiger charge is -2.10. The molecule has 0 aliphatic carbocycles. The fourth-order valence-corrected chi connectivity index (χ4v) is 3.98. The molecule has 0 aliphatic rings. The zero-order valence-electron chi connectivity index (χ0n) is 18.7. The van der Waals surface area contributed by atoms with Gasteiger partial charge in [-0.25, -0.2) is 4.39 Å². The first-order chi connectivity index (χ1) is 16.2. The Labute approximate surface area is 205 Å². The second-order valence-corrected chi connectivity index (χ2v) is 8.48. The van der Waals surface area contributed by atoms with E-state index >= 15 is 0 Å². The first-order valence-corrected chi connectivity index (χ1v) is 11.1. The van der Waals surface area contributed by atoms with Crippen LogP contribution in [0, 0.1) is 26.6 Å². The molecule has 0 radical (unpaired) electrons. The molecule has 2 heterocycles. The number of hydrogen-bond donors (Lipinski definition) is 1. The van der Waals surface area contributed by atoms with E-state index in [0.717, 1.165) is 11.3 Å². The molecule has 1 amide bonds. The molecule has 4 rings (SSSR count). The largest absolute Gasteiger partial charge is 0.489 e. The van der Waals surface area contributed by atoms with Crippen LogP contribution in [0.3, 0.4) is 0 Å². The molecule has 0 unspecified atom stereocenters. The maximum Gasteiger partial charge on any atom is 0.278 e. The molecule has 10 heteroatoms. The summed E-state index contributed by atoms with van der Waals surface area (Å²) in [6.45, 7) is 5.70. The molecule has 2 aromatic heterocycles. The van der Waals surface area contributed by atoms with E-state index in [0.29, 0.717) is 45.0 Å². The molecule has 0 spiro atoms. The standard InChI is InChI=1S/C24H21Cl2FN4O3/c1-13-22(14(2)31(29-13)11-18-20(25)5-4-6-21(18)26)28-24(32)23-19(15(3)34-30-23)12-33-17-9-7-16(27)8-10-17/h4-10H,11-12H2,1-3H3,(H,28,32). The van der Waals surface area contributed by atoms with Crippen molar-refractivity contribution in [3.63, 3.8) is 0 Å². The molecule has 4 aromatic rings. The summed E-state index contributed by atoms with van der Waals surface area (Å²) in [6.07, 6.45) is 0. The van der Waals surface area contributed by atoms with Crippen LogP contribution < -0.4 is 10.1 Å². The molecule has 0 fully saturated rings. The van der Waals surface area contributed by atoms with Crippen molar-refractivity contribution >= 4 is 34.8 Å². The van der Waals surface area contributed by atoms with Crippen molar-refractivity contribution in [3.05, 3.63) is 92.3 Å². The van der Waals surface area contributed by atoms with Gasteiger partial charge >= 0.3 is 0 Å². The van der Waals surface area contributed by atoms with Crippen molar-refractivity contribution in [3.8, 4) is 5.75 Å². The van der Waals surface area contributed by atoms with E-state index in [9.17, 15) is 9.18 Å². The molecular weight excluding hydrogens is 482 g/mol. The number of aryl methyl sites for hydroxylation is 2. The van der Waals surface area contributed by atoms with Gasteiger partial charge in [0.25, 0.3) is 5.91 Å². The van der Waals surface area contributed by atoms with Gasteiger partial charge in [0.2, 0.25) is 0 Å². The van der Waals surface area contributed by atoms with Gasteiger partial charge in [0.05, 0.1) is 29.2 Å². The number of aromatic nitrogens is 3. The lowest BCUT2D eigenvalue weighted by Crippen LogP contribution is -2.16. The van der Waals surface area contributed by atoms with E-state index in [4.69, 9.17) is 32.5 Å². The van der Waals surface area contributed by atoms with Crippen molar-refractivity contribution in [1.29, 1.82) is 0 Å². The van der Waals surface area contributed by atoms with Crippen molar-refractivity contribution in [2.75, 3.05) is 5.32 Å². The van der Waals surface area contributed by atoms with E-state index in [1.807, 2.05) is 6.92 Å². The second kappa shape index (κ2) is 9.87. The Bertz CT molecular complexity index is 1330. The SMILES string of the molecule is Cc1nn(Cc2c(Cl)cccc2Cl)c(C)c1NC(=O)c1noc(C)c1COc1ccc(F)cc1. The van der Waals surface area contributed by atoms with E-state index in [-0.39, 0.29) is 18.1 Å². The number of hydrogen-bond acceptors (Lipinski definition) is 5. The molecule has 0 saturated heterocycles. The predicted molar refractivity (Wildman–Crippen MR) is 127 cm³/mol. The number of nitrogens with one attached hydrogen (secondary N) is 1.